The number of hydrogen-bond acceptors (Lipinski definition) is 1. The summed E-state index contributed by atoms with van der Waals surface area (Å²) in [6.07, 6.45) is 6.32. The molecule has 0 fully saturated rings. The minimum Gasteiger partial charge on any atom is -0.398 e. The van der Waals surface area contributed by atoms with Crippen LogP contribution in [0.3, 0.4) is 0 Å². The summed E-state index contributed by atoms with van der Waals surface area (Å²) in [6, 6.07) is 0. The highest BCUT2D eigenvalue weighted by Crippen LogP contribution is 2.18. The predicted octanol–water partition coefficient (Wildman–Crippen LogP) is 1.90. The second-order valence-corrected chi connectivity index (χ2v) is 2.64. The third kappa shape index (κ3) is 1.13. The minimum atomic E-state index is 0.872. The average Bonchev–Trinajstić information content (AvgIpc) is 1.77. The third-order valence-corrected chi connectivity index (χ3v) is 1.91. The maximum Gasteiger partial charge on any atom is 0.0414 e. The Bertz CT molecular complexity index is 129. The lowest BCUT2D eigenvalue weighted by Crippen LogP contribution is -1.99. The number of hydrogen-bond donors (Lipinski definition) is 1. The molecule has 44 valence electrons. The molecule has 0 aromatic heterocycles. The van der Waals surface area contributed by atoms with Gasteiger partial charge in [0.1, 0.15) is 0 Å². The molecule has 0 radical (unpaired) electrons. The van der Waals surface area contributed by atoms with Crippen molar-refractivity contribution in [2.24, 2.45) is 5.73 Å². The fourth-order valence-corrected chi connectivity index (χ4v) is 1.06. The SMILES string of the molecule is NC1=CCCC=C1Br. The van der Waals surface area contributed by atoms with Crippen LogP contribution in [-0.4, -0.2) is 0 Å². The van der Waals surface area contributed by atoms with Gasteiger partial charge in [-0.15, -0.1) is 0 Å². The third-order valence-electron chi connectivity index (χ3n) is 1.13. The van der Waals surface area contributed by atoms with Gasteiger partial charge in [0.2, 0.25) is 0 Å². The lowest BCUT2D eigenvalue weighted by molar-refractivity contribution is 1.01. The second kappa shape index (κ2) is 2.35. The zero-order chi connectivity index (χ0) is 5.98. The first-order valence-electron chi connectivity index (χ1n) is 2.62. The highest BCUT2D eigenvalue weighted by atomic mass is 79.9. The van der Waals surface area contributed by atoms with Crippen molar-refractivity contribution >= 4 is 15.9 Å². The van der Waals surface area contributed by atoms with Gasteiger partial charge < -0.3 is 5.73 Å². The maximum absolute atomic E-state index is 5.52. The molecule has 0 saturated heterocycles. The normalized spacial score (nSPS) is 19.6. The molecular formula is C6H8BrN. The first-order chi connectivity index (χ1) is 3.80. The highest BCUT2D eigenvalue weighted by Gasteiger charge is 1.98. The van der Waals surface area contributed by atoms with E-state index in [0.29, 0.717) is 0 Å². The van der Waals surface area contributed by atoms with Crippen LogP contribution in [0.2, 0.25) is 0 Å². The Morgan fingerprint density at radius 1 is 1.38 bits per heavy atom. The van der Waals surface area contributed by atoms with E-state index < -0.39 is 0 Å². The average molecular weight is 174 g/mol. The smallest absolute Gasteiger partial charge is 0.0414 e. The maximum atomic E-state index is 5.52. The molecule has 0 unspecified atom stereocenters. The molecule has 1 nitrogen and oxygen atoms in total. The van der Waals surface area contributed by atoms with Crippen molar-refractivity contribution in [2.45, 2.75) is 12.8 Å². The molecule has 1 aliphatic rings. The summed E-state index contributed by atoms with van der Waals surface area (Å²) in [7, 11) is 0. The van der Waals surface area contributed by atoms with Gasteiger partial charge in [-0.2, -0.15) is 0 Å². The van der Waals surface area contributed by atoms with Crippen LogP contribution in [0.25, 0.3) is 0 Å². The van der Waals surface area contributed by atoms with Gasteiger partial charge in [-0.1, -0.05) is 12.2 Å². The van der Waals surface area contributed by atoms with Crippen LogP contribution in [0.5, 0.6) is 0 Å². The van der Waals surface area contributed by atoms with E-state index in [4.69, 9.17) is 5.73 Å². The van der Waals surface area contributed by atoms with Gasteiger partial charge in [-0.25, -0.2) is 0 Å². The Morgan fingerprint density at radius 2 is 2.00 bits per heavy atom. The predicted molar refractivity (Wildman–Crippen MR) is 38.5 cm³/mol. The fraction of sp³-hybridized carbons (Fsp3) is 0.333. The van der Waals surface area contributed by atoms with E-state index in [1.165, 1.54) is 0 Å². The van der Waals surface area contributed by atoms with E-state index in [1.807, 2.05) is 6.08 Å². The molecule has 0 amide bonds. The first-order valence-corrected chi connectivity index (χ1v) is 3.41. The number of rotatable bonds is 0. The van der Waals surface area contributed by atoms with Gasteiger partial charge in [-0.05, 0) is 28.8 Å². The van der Waals surface area contributed by atoms with Crippen LogP contribution in [0, 0.1) is 0 Å². The first kappa shape index (κ1) is 5.89. The number of nitrogens with two attached hydrogens (primary N) is 1. The molecule has 0 bridgehead atoms. The standard InChI is InChI=1S/C6H8BrN/c7-5-3-1-2-4-6(5)8/h3-4H,1-2,8H2. The molecule has 0 atom stereocenters. The monoisotopic (exact) mass is 173 g/mol. The van der Waals surface area contributed by atoms with Gasteiger partial charge in [0.15, 0.2) is 0 Å². The van der Waals surface area contributed by atoms with Gasteiger partial charge in [-0.3, -0.25) is 0 Å². The number of allylic oxidation sites excluding steroid dienone is 3. The Morgan fingerprint density at radius 3 is 2.38 bits per heavy atom. The number of halogens is 1. The van der Waals surface area contributed by atoms with Crippen LogP contribution in [0.1, 0.15) is 12.8 Å². The van der Waals surface area contributed by atoms with Crippen molar-refractivity contribution in [1.29, 1.82) is 0 Å². The van der Waals surface area contributed by atoms with E-state index in [9.17, 15) is 0 Å². The van der Waals surface area contributed by atoms with Crippen molar-refractivity contribution in [3.05, 3.63) is 22.3 Å². The molecule has 8 heavy (non-hydrogen) atoms. The Balaban J connectivity index is 2.73. The minimum absolute atomic E-state index is 0.872. The Kier molecular flexibility index (Phi) is 1.73. The van der Waals surface area contributed by atoms with Crippen LogP contribution >= 0.6 is 15.9 Å². The molecule has 0 spiro atoms. The summed E-state index contributed by atoms with van der Waals surface area (Å²) in [5.41, 5.74) is 6.40. The fourth-order valence-electron chi connectivity index (χ4n) is 0.664. The van der Waals surface area contributed by atoms with Gasteiger partial charge in [0, 0.05) is 10.2 Å². The van der Waals surface area contributed by atoms with Crippen molar-refractivity contribution in [3.63, 3.8) is 0 Å². The lowest BCUT2D eigenvalue weighted by atomic mass is 10.2. The topological polar surface area (TPSA) is 26.0 Å². The van der Waals surface area contributed by atoms with Gasteiger partial charge in [0.25, 0.3) is 0 Å². The molecule has 0 aliphatic heterocycles. The van der Waals surface area contributed by atoms with E-state index in [0.717, 1.165) is 23.0 Å². The summed E-state index contributed by atoms with van der Waals surface area (Å²) >= 11 is 3.32. The molecule has 2 N–H and O–H groups in total. The van der Waals surface area contributed by atoms with Gasteiger partial charge in [0.05, 0.1) is 0 Å². The second-order valence-electron chi connectivity index (χ2n) is 1.79. The molecule has 0 aromatic carbocycles. The highest BCUT2D eigenvalue weighted by molar-refractivity contribution is 9.12. The van der Waals surface area contributed by atoms with Crippen molar-refractivity contribution in [3.8, 4) is 0 Å². The van der Waals surface area contributed by atoms with Crippen molar-refractivity contribution in [2.75, 3.05) is 0 Å². The Labute approximate surface area is 57.4 Å². The van der Waals surface area contributed by atoms with E-state index in [2.05, 4.69) is 22.0 Å². The molecular weight excluding hydrogens is 166 g/mol. The van der Waals surface area contributed by atoms with E-state index in [-0.39, 0.29) is 0 Å². The molecule has 0 saturated carbocycles. The lowest BCUT2D eigenvalue weighted by Gasteiger charge is -2.03. The quantitative estimate of drug-likeness (QED) is 0.596. The summed E-state index contributed by atoms with van der Waals surface area (Å²) < 4.78 is 1.05. The van der Waals surface area contributed by atoms with Gasteiger partial charge >= 0.3 is 0 Å². The zero-order valence-electron chi connectivity index (χ0n) is 4.52. The van der Waals surface area contributed by atoms with Crippen molar-refractivity contribution in [1.82, 2.24) is 0 Å². The molecule has 1 aliphatic carbocycles. The van der Waals surface area contributed by atoms with E-state index >= 15 is 0 Å². The molecule has 0 aromatic rings. The van der Waals surface area contributed by atoms with Crippen LogP contribution < -0.4 is 5.73 Å². The van der Waals surface area contributed by atoms with Crippen LogP contribution in [0.4, 0.5) is 0 Å². The Hall–Kier alpha value is -0.240. The summed E-state index contributed by atoms with van der Waals surface area (Å²) in [5.74, 6) is 0. The van der Waals surface area contributed by atoms with E-state index in [1.54, 1.807) is 0 Å². The van der Waals surface area contributed by atoms with Crippen LogP contribution in [0.15, 0.2) is 22.3 Å². The molecule has 1 rings (SSSR count). The summed E-state index contributed by atoms with van der Waals surface area (Å²) in [5, 5.41) is 0. The largest absolute Gasteiger partial charge is 0.398 e. The zero-order valence-corrected chi connectivity index (χ0v) is 6.11. The van der Waals surface area contributed by atoms with Crippen LogP contribution in [-0.2, 0) is 0 Å². The molecule has 2 heteroatoms. The summed E-state index contributed by atoms with van der Waals surface area (Å²) in [4.78, 5) is 0. The molecule has 0 heterocycles. The van der Waals surface area contributed by atoms with Crippen molar-refractivity contribution < 1.29 is 0 Å². The summed E-state index contributed by atoms with van der Waals surface area (Å²) in [6.45, 7) is 0.